The van der Waals surface area contributed by atoms with Gasteiger partial charge in [-0.05, 0) is 12.5 Å². The molecule has 0 amide bonds. The second-order valence-corrected chi connectivity index (χ2v) is 4.27. The molecule has 0 aromatic heterocycles. The van der Waals surface area contributed by atoms with E-state index < -0.39 is 0 Å². The summed E-state index contributed by atoms with van der Waals surface area (Å²) in [5.41, 5.74) is 4.95. The first-order valence-corrected chi connectivity index (χ1v) is 5.91. The van der Waals surface area contributed by atoms with Crippen molar-refractivity contribution in [3.05, 3.63) is 35.9 Å². The Bertz CT molecular complexity index is 437. The third kappa shape index (κ3) is 3.20. The van der Waals surface area contributed by atoms with Gasteiger partial charge in [0, 0.05) is 11.5 Å². The molecule has 0 bridgehead atoms. The van der Waals surface area contributed by atoms with Crippen molar-refractivity contribution in [3.8, 4) is 0 Å². The molecule has 0 spiro atoms. The standard InChI is InChI=1S/C11H12N4S/c1-9-8-16-11(15-13-9)14-12-7-10-5-3-2-4-6-10/h2-7H,8H2,1H3,(H,14,15)/b12-7+. The van der Waals surface area contributed by atoms with Crippen molar-refractivity contribution >= 4 is 28.9 Å². The number of benzene rings is 1. The normalized spacial score (nSPS) is 15.8. The van der Waals surface area contributed by atoms with Crippen LogP contribution in [0.3, 0.4) is 0 Å². The Morgan fingerprint density at radius 1 is 1.31 bits per heavy atom. The minimum Gasteiger partial charge on any atom is -0.254 e. The fourth-order valence-electron chi connectivity index (χ4n) is 1.12. The number of hydrazone groups is 1. The lowest BCUT2D eigenvalue weighted by Gasteiger charge is -2.07. The molecule has 0 atom stereocenters. The Balaban J connectivity index is 1.91. The number of thioether (sulfide) groups is 1. The zero-order chi connectivity index (χ0) is 11.2. The van der Waals surface area contributed by atoms with Crippen LogP contribution in [0, 0.1) is 0 Å². The van der Waals surface area contributed by atoms with Crippen molar-refractivity contribution < 1.29 is 0 Å². The van der Waals surface area contributed by atoms with Crippen LogP contribution < -0.4 is 5.43 Å². The number of amidine groups is 1. The van der Waals surface area contributed by atoms with Crippen LogP contribution in [0.4, 0.5) is 0 Å². The van der Waals surface area contributed by atoms with Crippen LogP contribution in [0.5, 0.6) is 0 Å². The van der Waals surface area contributed by atoms with Gasteiger partial charge in [-0.3, -0.25) is 5.43 Å². The largest absolute Gasteiger partial charge is 0.254 e. The summed E-state index contributed by atoms with van der Waals surface area (Å²) in [5.74, 6) is 0.868. The highest BCUT2D eigenvalue weighted by Gasteiger charge is 2.05. The number of nitrogens with zero attached hydrogens (tertiary/aromatic N) is 3. The number of rotatable bonds is 2. The van der Waals surface area contributed by atoms with E-state index in [1.807, 2.05) is 37.3 Å². The highest BCUT2D eigenvalue weighted by atomic mass is 32.2. The Labute approximate surface area is 98.5 Å². The van der Waals surface area contributed by atoms with E-state index in [0.717, 1.165) is 22.2 Å². The summed E-state index contributed by atoms with van der Waals surface area (Å²) < 4.78 is 0. The molecule has 1 aliphatic rings. The highest BCUT2D eigenvalue weighted by molar-refractivity contribution is 8.14. The first-order valence-electron chi connectivity index (χ1n) is 4.92. The Hall–Kier alpha value is -1.62. The molecule has 1 aromatic carbocycles. The third-order valence-electron chi connectivity index (χ3n) is 1.90. The minimum absolute atomic E-state index is 0.734. The van der Waals surface area contributed by atoms with Crippen molar-refractivity contribution in [2.24, 2.45) is 15.3 Å². The Kier molecular flexibility index (Phi) is 3.71. The summed E-state index contributed by atoms with van der Waals surface area (Å²) in [6, 6.07) is 9.90. The second kappa shape index (κ2) is 5.46. The van der Waals surface area contributed by atoms with Gasteiger partial charge in [-0.2, -0.15) is 10.2 Å². The third-order valence-corrected chi connectivity index (χ3v) is 2.91. The average Bonchev–Trinajstić information content (AvgIpc) is 2.33. The lowest BCUT2D eigenvalue weighted by atomic mass is 10.2. The Morgan fingerprint density at radius 3 is 2.81 bits per heavy atom. The van der Waals surface area contributed by atoms with E-state index in [0.29, 0.717) is 0 Å². The zero-order valence-electron chi connectivity index (χ0n) is 8.92. The summed E-state index contributed by atoms with van der Waals surface area (Å²) >= 11 is 1.60. The first-order chi connectivity index (χ1) is 7.84. The zero-order valence-corrected chi connectivity index (χ0v) is 9.74. The molecule has 0 radical (unpaired) electrons. The minimum atomic E-state index is 0.734. The molecule has 16 heavy (non-hydrogen) atoms. The first kappa shape index (κ1) is 10.9. The predicted molar refractivity (Wildman–Crippen MR) is 70.2 cm³/mol. The second-order valence-electron chi connectivity index (χ2n) is 3.31. The van der Waals surface area contributed by atoms with E-state index in [9.17, 15) is 0 Å². The van der Waals surface area contributed by atoms with E-state index in [2.05, 4.69) is 20.7 Å². The lowest BCUT2D eigenvalue weighted by molar-refractivity contribution is 1.03. The van der Waals surface area contributed by atoms with Crippen LogP contribution in [0.2, 0.25) is 0 Å². The van der Waals surface area contributed by atoms with Gasteiger partial charge < -0.3 is 0 Å². The molecule has 0 saturated heterocycles. The van der Waals surface area contributed by atoms with E-state index in [-0.39, 0.29) is 0 Å². The predicted octanol–water partition coefficient (Wildman–Crippen LogP) is 2.09. The average molecular weight is 232 g/mol. The molecule has 0 saturated carbocycles. The monoisotopic (exact) mass is 232 g/mol. The SMILES string of the molecule is CC1=NN=C(N/N=C/c2ccccc2)SC1. The van der Waals surface area contributed by atoms with E-state index in [4.69, 9.17) is 0 Å². The lowest BCUT2D eigenvalue weighted by Crippen LogP contribution is -2.18. The molecule has 0 aliphatic carbocycles. The molecule has 5 heteroatoms. The molecule has 0 fully saturated rings. The van der Waals surface area contributed by atoms with Crippen molar-refractivity contribution in [1.29, 1.82) is 0 Å². The quantitative estimate of drug-likeness (QED) is 0.627. The van der Waals surface area contributed by atoms with Crippen LogP contribution in [-0.2, 0) is 0 Å². The van der Waals surface area contributed by atoms with Gasteiger partial charge in [0.1, 0.15) is 0 Å². The smallest absolute Gasteiger partial charge is 0.203 e. The van der Waals surface area contributed by atoms with Gasteiger partial charge >= 0.3 is 0 Å². The van der Waals surface area contributed by atoms with E-state index in [1.54, 1.807) is 18.0 Å². The maximum atomic E-state index is 4.09. The molecule has 0 unspecified atom stereocenters. The molecule has 4 nitrogen and oxygen atoms in total. The summed E-state index contributed by atoms with van der Waals surface area (Å²) in [4.78, 5) is 0. The highest BCUT2D eigenvalue weighted by Crippen LogP contribution is 2.08. The van der Waals surface area contributed by atoms with Crippen LogP contribution in [-0.4, -0.2) is 22.8 Å². The summed E-state index contributed by atoms with van der Waals surface area (Å²) in [6.45, 7) is 1.96. The number of hydrogen-bond acceptors (Lipinski definition) is 5. The molecule has 2 rings (SSSR count). The molecule has 1 heterocycles. The molecular formula is C11H12N4S. The maximum absolute atomic E-state index is 4.09. The molecule has 1 aliphatic heterocycles. The van der Waals surface area contributed by atoms with Gasteiger partial charge in [0.2, 0.25) is 5.17 Å². The number of nitrogens with one attached hydrogen (secondary N) is 1. The van der Waals surface area contributed by atoms with Gasteiger partial charge in [-0.25, -0.2) is 0 Å². The maximum Gasteiger partial charge on any atom is 0.203 e. The van der Waals surface area contributed by atoms with Gasteiger partial charge in [0.05, 0.1) is 6.21 Å². The van der Waals surface area contributed by atoms with Crippen molar-refractivity contribution in [2.75, 3.05) is 5.75 Å². The Morgan fingerprint density at radius 2 is 2.12 bits per heavy atom. The molecule has 82 valence electrons. The van der Waals surface area contributed by atoms with Crippen molar-refractivity contribution in [2.45, 2.75) is 6.92 Å². The van der Waals surface area contributed by atoms with Crippen LogP contribution in [0.1, 0.15) is 12.5 Å². The van der Waals surface area contributed by atoms with Crippen LogP contribution in [0.15, 0.2) is 45.6 Å². The number of hydrogen-bond donors (Lipinski definition) is 1. The van der Waals surface area contributed by atoms with Crippen molar-refractivity contribution in [3.63, 3.8) is 0 Å². The molecular weight excluding hydrogens is 220 g/mol. The van der Waals surface area contributed by atoms with E-state index >= 15 is 0 Å². The topological polar surface area (TPSA) is 49.1 Å². The summed E-state index contributed by atoms with van der Waals surface area (Å²) in [7, 11) is 0. The van der Waals surface area contributed by atoms with Crippen LogP contribution in [0.25, 0.3) is 0 Å². The van der Waals surface area contributed by atoms with E-state index in [1.165, 1.54) is 0 Å². The fourth-order valence-corrected chi connectivity index (χ4v) is 1.74. The molecule has 1 aromatic rings. The fraction of sp³-hybridized carbons (Fsp3) is 0.182. The molecule has 1 N–H and O–H groups in total. The van der Waals surface area contributed by atoms with Gasteiger partial charge in [-0.15, -0.1) is 5.10 Å². The van der Waals surface area contributed by atoms with Gasteiger partial charge in [-0.1, -0.05) is 42.1 Å². The van der Waals surface area contributed by atoms with Gasteiger partial charge in [0.25, 0.3) is 0 Å². The summed E-state index contributed by atoms with van der Waals surface area (Å²) in [6.07, 6.45) is 1.76. The van der Waals surface area contributed by atoms with Crippen LogP contribution >= 0.6 is 11.8 Å². The van der Waals surface area contributed by atoms with Gasteiger partial charge in [0.15, 0.2) is 0 Å². The van der Waals surface area contributed by atoms with Crippen molar-refractivity contribution in [1.82, 2.24) is 5.43 Å². The summed E-state index contributed by atoms with van der Waals surface area (Å²) in [5, 5.41) is 12.8.